The second-order valence-electron chi connectivity index (χ2n) is 4.02. The van der Waals surface area contributed by atoms with Gasteiger partial charge in [-0.25, -0.2) is 0 Å². The van der Waals surface area contributed by atoms with Gasteiger partial charge in [-0.1, -0.05) is 35.0 Å². The van der Waals surface area contributed by atoms with Crippen molar-refractivity contribution < 1.29 is 5.11 Å². The molecule has 0 radical (unpaired) electrons. The van der Waals surface area contributed by atoms with Crippen LogP contribution >= 0.6 is 0 Å². The van der Waals surface area contributed by atoms with E-state index in [-0.39, 0.29) is 0 Å². The van der Waals surface area contributed by atoms with Gasteiger partial charge >= 0.3 is 0 Å². The van der Waals surface area contributed by atoms with Crippen LogP contribution in [0.2, 0.25) is 0 Å². The molecule has 1 atom stereocenters. The first-order valence-electron chi connectivity index (χ1n) is 5.25. The minimum atomic E-state index is -0.517. The molecule has 0 bridgehead atoms. The van der Waals surface area contributed by atoms with Gasteiger partial charge in [-0.05, 0) is 12.5 Å². The van der Waals surface area contributed by atoms with Crippen molar-refractivity contribution in [2.45, 2.75) is 19.4 Å². The van der Waals surface area contributed by atoms with E-state index >= 15 is 0 Å². The lowest BCUT2D eigenvalue weighted by atomic mass is 10.0. The van der Waals surface area contributed by atoms with Gasteiger partial charge in [0.15, 0.2) is 0 Å². The highest BCUT2D eigenvalue weighted by atomic mass is 16.3. The van der Waals surface area contributed by atoms with Gasteiger partial charge in [0.05, 0.1) is 11.8 Å². The molecule has 0 saturated heterocycles. The van der Waals surface area contributed by atoms with Gasteiger partial charge in [-0.2, -0.15) is 0 Å². The van der Waals surface area contributed by atoms with Crippen molar-refractivity contribution in [3.63, 3.8) is 0 Å². The summed E-state index contributed by atoms with van der Waals surface area (Å²) >= 11 is 0. The first kappa shape index (κ1) is 10.8. The first-order valence-corrected chi connectivity index (χ1v) is 5.25. The summed E-state index contributed by atoms with van der Waals surface area (Å²) in [5.74, 6) is 0. The maximum absolute atomic E-state index is 10.0. The van der Waals surface area contributed by atoms with Crippen molar-refractivity contribution in [3.8, 4) is 0 Å². The SMILES string of the molecule is Cc1cccc(C(O)Cc2cn(C)nn2)c1. The number of nitrogens with zero attached hydrogens (tertiary/aromatic N) is 3. The number of hydrogen-bond donors (Lipinski definition) is 1. The van der Waals surface area contributed by atoms with Crippen molar-refractivity contribution in [2.24, 2.45) is 7.05 Å². The Morgan fingerprint density at radius 3 is 2.88 bits per heavy atom. The highest BCUT2D eigenvalue weighted by molar-refractivity contribution is 5.24. The third kappa shape index (κ3) is 2.46. The molecule has 0 amide bonds. The van der Waals surface area contributed by atoms with Crippen molar-refractivity contribution in [2.75, 3.05) is 0 Å². The molecule has 1 aromatic carbocycles. The van der Waals surface area contributed by atoms with Crippen LogP contribution in [0.15, 0.2) is 30.5 Å². The highest BCUT2D eigenvalue weighted by Crippen LogP contribution is 2.17. The highest BCUT2D eigenvalue weighted by Gasteiger charge is 2.10. The molecule has 16 heavy (non-hydrogen) atoms. The lowest BCUT2D eigenvalue weighted by Gasteiger charge is -2.09. The van der Waals surface area contributed by atoms with Crippen LogP contribution in [0.3, 0.4) is 0 Å². The molecule has 0 spiro atoms. The van der Waals surface area contributed by atoms with Gasteiger partial charge in [0.2, 0.25) is 0 Å². The van der Waals surface area contributed by atoms with E-state index in [9.17, 15) is 5.11 Å². The zero-order valence-electron chi connectivity index (χ0n) is 9.46. The van der Waals surface area contributed by atoms with E-state index in [2.05, 4.69) is 10.3 Å². The molecular weight excluding hydrogens is 202 g/mol. The van der Waals surface area contributed by atoms with Gasteiger partial charge in [-0.15, -0.1) is 5.10 Å². The molecule has 4 nitrogen and oxygen atoms in total. The Balaban J connectivity index is 2.11. The quantitative estimate of drug-likeness (QED) is 0.845. The number of aliphatic hydroxyl groups is 1. The molecular formula is C12H15N3O. The summed E-state index contributed by atoms with van der Waals surface area (Å²) in [5.41, 5.74) is 2.87. The predicted octanol–water partition coefficient (Wildman–Crippen LogP) is 1.40. The first-order chi connectivity index (χ1) is 7.65. The van der Waals surface area contributed by atoms with Crippen LogP contribution in [0, 0.1) is 6.92 Å². The van der Waals surface area contributed by atoms with Gasteiger partial charge in [0.25, 0.3) is 0 Å². The van der Waals surface area contributed by atoms with Crippen molar-refractivity contribution in [1.82, 2.24) is 15.0 Å². The normalized spacial score (nSPS) is 12.7. The lowest BCUT2D eigenvalue weighted by molar-refractivity contribution is 0.177. The summed E-state index contributed by atoms with van der Waals surface area (Å²) in [6, 6.07) is 7.87. The minimum Gasteiger partial charge on any atom is -0.388 e. The van der Waals surface area contributed by atoms with Gasteiger partial charge in [0.1, 0.15) is 0 Å². The topological polar surface area (TPSA) is 50.9 Å². The molecule has 4 heteroatoms. The maximum Gasteiger partial charge on any atom is 0.0856 e. The Morgan fingerprint density at radius 1 is 1.44 bits per heavy atom. The number of aryl methyl sites for hydroxylation is 2. The van der Waals surface area contributed by atoms with E-state index in [1.807, 2.05) is 44.4 Å². The third-order valence-corrected chi connectivity index (χ3v) is 2.48. The number of benzene rings is 1. The van der Waals surface area contributed by atoms with Crippen molar-refractivity contribution in [3.05, 3.63) is 47.3 Å². The average molecular weight is 217 g/mol. The summed E-state index contributed by atoms with van der Waals surface area (Å²) in [6.45, 7) is 2.01. The summed E-state index contributed by atoms with van der Waals surface area (Å²) < 4.78 is 1.64. The van der Waals surface area contributed by atoms with E-state index in [0.29, 0.717) is 6.42 Å². The molecule has 1 unspecified atom stereocenters. The van der Waals surface area contributed by atoms with Gasteiger partial charge in [0, 0.05) is 19.7 Å². The van der Waals surface area contributed by atoms with Crippen molar-refractivity contribution in [1.29, 1.82) is 0 Å². The Kier molecular flexibility index (Phi) is 3.01. The molecule has 2 aromatic rings. The number of hydrogen-bond acceptors (Lipinski definition) is 3. The van der Waals surface area contributed by atoms with Gasteiger partial charge < -0.3 is 5.11 Å². The van der Waals surface area contributed by atoms with Crippen LogP contribution in [0.1, 0.15) is 22.9 Å². The summed E-state index contributed by atoms with van der Waals surface area (Å²) in [6.07, 6.45) is 1.80. The largest absolute Gasteiger partial charge is 0.388 e. The molecule has 0 aliphatic carbocycles. The maximum atomic E-state index is 10.0. The second-order valence-corrected chi connectivity index (χ2v) is 4.02. The molecule has 0 saturated carbocycles. The zero-order valence-corrected chi connectivity index (χ0v) is 9.46. The third-order valence-electron chi connectivity index (χ3n) is 2.48. The molecule has 1 aromatic heterocycles. The fourth-order valence-electron chi connectivity index (χ4n) is 1.68. The number of aliphatic hydroxyl groups excluding tert-OH is 1. The Morgan fingerprint density at radius 2 is 2.25 bits per heavy atom. The summed E-state index contributed by atoms with van der Waals surface area (Å²) in [5, 5.41) is 17.8. The number of aromatic nitrogens is 3. The Bertz CT molecular complexity index is 479. The van der Waals surface area contributed by atoms with E-state index in [1.54, 1.807) is 4.68 Å². The van der Waals surface area contributed by atoms with E-state index in [0.717, 1.165) is 16.8 Å². The molecule has 1 heterocycles. The number of rotatable bonds is 3. The Hall–Kier alpha value is -1.68. The van der Waals surface area contributed by atoms with E-state index in [4.69, 9.17) is 0 Å². The van der Waals surface area contributed by atoms with E-state index < -0.39 is 6.10 Å². The molecule has 0 aliphatic rings. The zero-order chi connectivity index (χ0) is 11.5. The average Bonchev–Trinajstić information content (AvgIpc) is 2.64. The fraction of sp³-hybridized carbons (Fsp3) is 0.333. The van der Waals surface area contributed by atoms with Gasteiger partial charge in [-0.3, -0.25) is 4.68 Å². The molecule has 0 fully saturated rings. The fourth-order valence-corrected chi connectivity index (χ4v) is 1.68. The standard InChI is InChI=1S/C12H15N3O/c1-9-4-3-5-10(6-9)12(16)7-11-8-15(2)14-13-11/h3-6,8,12,16H,7H2,1-2H3. The van der Waals surface area contributed by atoms with Crippen LogP contribution in [0.5, 0.6) is 0 Å². The van der Waals surface area contributed by atoms with Crippen LogP contribution in [-0.2, 0) is 13.5 Å². The molecule has 84 valence electrons. The summed E-state index contributed by atoms with van der Waals surface area (Å²) in [4.78, 5) is 0. The lowest BCUT2D eigenvalue weighted by Crippen LogP contribution is -2.02. The van der Waals surface area contributed by atoms with E-state index in [1.165, 1.54) is 0 Å². The predicted molar refractivity (Wildman–Crippen MR) is 60.8 cm³/mol. The molecule has 1 N–H and O–H groups in total. The smallest absolute Gasteiger partial charge is 0.0856 e. The second kappa shape index (κ2) is 4.45. The minimum absolute atomic E-state index is 0.497. The monoisotopic (exact) mass is 217 g/mol. The van der Waals surface area contributed by atoms with Crippen molar-refractivity contribution >= 4 is 0 Å². The summed E-state index contributed by atoms with van der Waals surface area (Å²) in [7, 11) is 1.82. The van der Waals surface area contributed by atoms with Crippen LogP contribution < -0.4 is 0 Å². The Labute approximate surface area is 94.5 Å². The van der Waals surface area contributed by atoms with Crippen LogP contribution in [-0.4, -0.2) is 20.1 Å². The molecule has 0 aliphatic heterocycles. The van der Waals surface area contributed by atoms with Crippen LogP contribution in [0.25, 0.3) is 0 Å². The molecule has 2 rings (SSSR count). The van der Waals surface area contributed by atoms with Crippen LogP contribution in [0.4, 0.5) is 0 Å².